The minimum absolute atomic E-state index is 0.0396. The summed E-state index contributed by atoms with van der Waals surface area (Å²) in [7, 11) is 1.32. The molecule has 0 radical (unpaired) electrons. The molecule has 7 heteroatoms. The lowest BCUT2D eigenvalue weighted by molar-refractivity contribution is -0.141. The Labute approximate surface area is 286 Å². The van der Waals surface area contributed by atoms with Crippen LogP contribution in [0.4, 0.5) is 0 Å². The Hall–Kier alpha value is -4.23. The lowest BCUT2D eigenvalue weighted by atomic mass is 9.83. The summed E-state index contributed by atoms with van der Waals surface area (Å²) >= 11 is 0. The van der Waals surface area contributed by atoms with Crippen LogP contribution in [0.3, 0.4) is 0 Å². The largest absolute Gasteiger partial charge is 0.468 e. The number of rotatable bonds is 19. The van der Waals surface area contributed by atoms with Gasteiger partial charge < -0.3 is 19.8 Å². The molecule has 0 saturated heterocycles. The van der Waals surface area contributed by atoms with Gasteiger partial charge in [0.05, 0.1) is 12.8 Å². The van der Waals surface area contributed by atoms with Gasteiger partial charge >= 0.3 is 5.97 Å². The summed E-state index contributed by atoms with van der Waals surface area (Å²) in [5.41, 5.74) is 12.3. The van der Waals surface area contributed by atoms with Gasteiger partial charge in [0.25, 0.3) is 5.91 Å². The van der Waals surface area contributed by atoms with Crippen LogP contribution in [-0.4, -0.2) is 46.2 Å². The zero-order valence-electron chi connectivity index (χ0n) is 29.3. The first-order chi connectivity index (χ1) is 23.2. The van der Waals surface area contributed by atoms with Crippen molar-refractivity contribution in [3.05, 3.63) is 113 Å². The van der Waals surface area contributed by atoms with Crippen molar-refractivity contribution in [2.45, 2.75) is 103 Å². The van der Waals surface area contributed by atoms with E-state index in [4.69, 9.17) is 10.5 Å². The molecule has 0 fully saturated rings. The van der Waals surface area contributed by atoms with Crippen molar-refractivity contribution in [1.29, 1.82) is 0 Å². The van der Waals surface area contributed by atoms with Gasteiger partial charge in [0, 0.05) is 34.9 Å². The molecule has 0 aliphatic rings. The predicted molar refractivity (Wildman–Crippen MR) is 193 cm³/mol. The molecule has 0 unspecified atom stereocenters. The number of amides is 1. The number of unbranched alkanes of at least 4 members (excludes halogenated alkanes) is 3. The highest BCUT2D eigenvalue weighted by molar-refractivity contribution is 6.10. The second-order valence-corrected chi connectivity index (χ2v) is 13.2. The molecule has 0 saturated carbocycles. The number of hydrogen-bond donors (Lipinski definition) is 1. The Morgan fingerprint density at radius 3 is 2.06 bits per heavy atom. The van der Waals surface area contributed by atoms with E-state index in [-0.39, 0.29) is 30.3 Å². The van der Waals surface area contributed by atoms with Gasteiger partial charge in [-0.1, -0.05) is 107 Å². The number of aryl methyl sites for hydroxylation is 2. The molecular weight excluding hydrogens is 598 g/mol. The van der Waals surface area contributed by atoms with Crippen LogP contribution in [0.5, 0.6) is 0 Å². The summed E-state index contributed by atoms with van der Waals surface area (Å²) in [6, 6.07) is 23.1. The number of methoxy groups -OCH3 is 1. The quantitative estimate of drug-likeness (QED) is 0.0813. The van der Waals surface area contributed by atoms with Crippen LogP contribution >= 0.6 is 0 Å². The Balaban J connectivity index is 1.58. The lowest BCUT2D eigenvalue weighted by Crippen LogP contribution is -2.40. The van der Waals surface area contributed by atoms with Crippen molar-refractivity contribution in [3.63, 3.8) is 0 Å². The van der Waals surface area contributed by atoms with E-state index in [1.807, 2.05) is 59.0 Å². The molecule has 0 spiro atoms. The zero-order valence-corrected chi connectivity index (χ0v) is 29.3. The Bertz CT molecular complexity index is 1630. The number of hydrogen-bond acceptors (Lipinski definition) is 5. The highest BCUT2D eigenvalue weighted by atomic mass is 16.5. The van der Waals surface area contributed by atoms with Crippen LogP contribution in [0.15, 0.2) is 79.0 Å². The highest BCUT2D eigenvalue weighted by Gasteiger charge is 2.25. The van der Waals surface area contributed by atoms with E-state index >= 15 is 0 Å². The third-order valence-corrected chi connectivity index (χ3v) is 9.35. The maximum Gasteiger partial charge on any atom is 0.325 e. The molecule has 2 aromatic heterocycles. The van der Waals surface area contributed by atoms with Crippen molar-refractivity contribution >= 4 is 23.2 Å². The summed E-state index contributed by atoms with van der Waals surface area (Å²) in [5.74, 6) is -0.807. The highest BCUT2D eigenvalue weighted by Crippen LogP contribution is 2.27. The molecule has 0 atom stereocenters. The fraction of sp³-hybridized carbons (Fsp3) is 0.439. The van der Waals surface area contributed by atoms with Crippen molar-refractivity contribution in [3.8, 4) is 0 Å². The first-order valence-electron chi connectivity index (χ1n) is 17.7. The molecule has 2 N–H and O–H groups in total. The molecule has 0 bridgehead atoms. The normalized spacial score (nSPS) is 11.5. The second kappa shape index (κ2) is 17.8. The number of ketones is 1. The molecular formula is C41H53N3O4. The number of carbonyl (C=O) groups is 3. The van der Waals surface area contributed by atoms with Crippen LogP contribution in [0, 0.1) is 0 Å². The molecule has 2 heterocycles. The Morgan fingerprint density at radius 2 is 1.44 bits per heavy atom. The van der Waals surface area contributed by atoms with E-state index < -0.39 is 5.97 Å². The number of esters is 1. The van der Waals surface area contributed by atoms with Crippen LogP contribution in [0.1, 0.15) is 122 Å². The lowest BCUT2D eigenvalue weighted by Gasteiger charge is -2.30. The third-order valence-electron chi connectivity index (χ3n) is 9.35. The summed E-state index contributed by atoms with van der Waals surface area (Å²) in [6.45, 7) is 6.67. The predicted octanol–water partition coefficient (Wildman–Crippen LogP) is 8.34. The zero-order chi connectivity index (χ0) is 34.5. The van der Waals surface area contributed by atoms with E-state index in [2.05, 4.69) is 32.9 Å². The van der Waals surface area contributed by atoms with Crippen LogP contribution in [0.25, 0.3) is 5.52 Å². The molecule has 2 aromatic carbocycles. The van der Waals surface area contributed by atoms with E-state index in [0.29, 0.717) is 16.8 Å². The van der Waals surface area contributed by atoms with Crippen LogP contribution < -0.4 is 5.73 Å². The average Bonchev–Trinajstić information content (AvgIpc) is 3.48. The molecule has 0 aliphatic carbocycles. The number of pyridine rings is 1. The van der Waals surface area contributed by atoms with Gasteiger partial charge in [-0.2, -0.15) is 0 Å². The second-order valence-electron chi connectivity index (χ2n) is 13.2. The summed E-state index contributed by atoms with van der Waals surface area (Å²) in [4.78, 5) is 41.6. The summed E-state index contributed by atoms with van der Waals surface area (Å²) in [5, 5.41) is 0. The molecule has 4 aromatic rings. The maximum atomic E-state index is 14.1. The van der Waals surface area contributed by atoms with Gasteiger partial charge in [-0.15, -0.1) is 0 Å². The van der Waals surface area contributed by atoms with Gasteiger partial charge in [0.2, 0.25) is 5.78 Å². The Morgan fingerprint density at radius 1 is 0.771 bits per heavy atom. The molecule has 48 heavy (non-hydrogen) atoms. The fourth-order valence-electron chi connectivity index (χ4n) is 6.37. The van der Waals surface area contributed by atoms with Crippen molar-refractivity contribution < 1.29 is 19.1 Å². The van der Waals surface area contributed by atoms with Gasteiger partial charge in [-0.3, -0.25) is 14.4 Å². The number of carbonyl (C=O) groups excluding carboxylic acids is 3. The molecule has 7 nitrogen and oxygen atoms in total. The third kappa shape index (κ3) is 9.66. The minimum atomic E-state index is -0.487. The maximum absolute atomic E-state index is 14.1. The van der Waals surface area contributed by atoms with E-state index in [1.165, 1.54) is 17.6 Å². The number of benzene rings is 2. The van der Waals surface area contributed by atoms with Crippen molar-refractivity contribution in [2.24, 2.45) is 5.73 Å². The number of nitrogens with zero attached hydrogens (tertiary/aromatic N) is 2. The van der Waals surface area contributed by atoms with Crippen LogP contribution in [0.2, 0.25) is 0 Å². The van der Waals surface area contributed by atoms with Crippen LogP contribution in [-0.2, 0) is 28.9 Å². The van der Waals surface area contributed by atoms with Gasteiger partial charge in [-0.25, -0.2) is 0 Å². The SMILES string of the molecule is CCCCc1cc2cc(C(=O)N(CC(=O)OC)Cc3ccccc3)ccn2c1C(=O)c1ccc(CCC(N)(CCCC)CCCC)cc1. The summed E-state index contributed by atoms with van der Waals surface area (Å²) < 4.78 is 6.78. The smallest absolute Gasteiger partial charge is 0.325 e. The number of aromatic nitrogens is 1. The average molecular weight is 652 g/mol. The minimum Gasteiger partial charge on any atom is -0.468 e. The van der Waals surface area contributed by atoms with E-state index in [9.17, 15) is 14.4 Å². The summed E-state index contributed by atoms with van der Waals surface area (Å²) in [6.07, 6.45) is 13.0. The van der Waals surface area contributed by atoms with Crippen molar-refractivity contribution in [2.75, 3.05) is 13.7 Å². The number of ether oxygens (including phenoxy) is 1. The molecule has 256 valence electrons. The fourth-order valence-corrected chi connectivity index (χ4v) is 6.37. The topological polar surface area (TPSA) is 94.1 Å². The van der Waals surface area contributed by atoms with E-state index in [1.54, 1.807) is 12.3 Å². The molecule has 4 rings (SSSR count). The first kappa shape index (κ1) is 36.6. The molecule has 1 amide bonds. The number of nitrogens with two attached hydrogens (primary N) is 1. The first-order valence-corrected chi connectivity index (χ1v) is 17.7. The molecule has 0 aliphatic heterocycles. The van der Waals surface area contributed by atoms with Gasteiger partial charge in [0.1, 0.15) is 6.54 Å². The van der Waals surface area contributed by atoms with E-state index in [0.717, 1.165) is 87.3 Å². The van der Waals surface area contributed by atoms with Gasteiger partial charge in [0.15, 0.2) is 0 Å². The van der Waals surface area contributed by atoms with Gasteiger partial charge in [-0.05, 0) is 73.4 Å². The van der Waals surface area contributed by atoms with Crippen molar-refractivity contribution in [1.82, 2.24) is 9.30 Å². The standard InChI is InChI=1S/C41H53N3O4/c1-5-8-16-34-27-36-28-35(40(47)43(30-37(45)48-4)29-32-14-12-11-13-15-32)22-26-44(36)38(34)39(46)33-19-17-31(18-20-33)21-25-41(42,23-9-6-2)24-10-7-3/h11-15,17-20,22,26-28H,5-10,16,21,23-25,29-30,42H2,1-4H3. The Kier molecular flexibility index (Phi) is 13.6. The number of fused-ring (bicyclic) bond motifs is 1. The monoisotopic (exact) mass is 651 g/mol.